The fraction of sp³-hybridized carbons (Fsp3) is 0.647. The summed E-state index contributed by atoms with van der Waals surface area (Å²) < 4.78 is 18.3. The summed E-state index contributed by atoms with van der Waals surface area (Å²) in [5.41, 5.74) is 2.00. The van der Waals surface area contributed by atoms with Gasteiger partial charge in [0, 0.05) is 33.2 Å². The van der Waals surface area contributed by atoms with Crippen LogP contribution in [0.2, 0.25) is 0 Å². The molecule has 2 aromatic rings. The van der Waals surface area contributed by atoms with Crippen LogP contribution in [0.5, 0.6) is 0 Å². The molecule has 9 atom stereocenters. The number of likely N-dealkylation sites (tertiary alicyclic amines) is 1. The van der Waals surface area contributed by atoms with Crippen LogP contribution in [-0.4, -0.2) is 151 Å². The van der Waals surface area contributed by atoms with Gasteiger partial charge in [0.15, 0.2) is 0 Å². The lowest BCUT2D eigenvalue weighted by Crippen LogP contribution is -2.60. The van der Waals surface area contributed by atoms with Crippen LogP contribution in [0.15, 0.2) is 54.6 Å². The normalized spacial score (nSPS) is 17.7. The van der Waals surface area contributed by atoms with Crippen molar-refractivity contribution in [1.82, 2.24) is 25.3 Å². The average Bonchev–Trinajstić information content (AvgIpc) is 3.76. The fourth-order valence-electron chi connectivity index (χ4n) is 9.68. The lowest BCUT2D eigenvalue weighted by molar-refractivity contribution is -0.144. The number of aromatic carboxylic acids is 1. The van der Waals surface area contributed by atoms with Gasteiger partial charge in [-0.1, -0.05) is 97.4 Å². The molecule has 0 unspecified atom stereocenters. The molecule has 3 rings (SSSR count). The van der Waals surface area contributed by atoms with Gasteiger partial charge in [-0.05, 0) is 87.3 Å². The van der Waals surface area contributed by atoms with E-state index < -0.39 is 66.0 Å². The van der Waals surface area contributed by atoms with E-state index in [4.69, 9.17) is 19.3 Å². The molecule has 4 N–H and O–H groups in total. The molecule has 0 spiro atoms. The van der Waals surface area contributed by atoms with Crippen molar-refractivity contribution in [3.8, 4) is 0 Å². The highest BCUT2D eigenvalue weighted by Crippen LogP contribution is 2.31. The third kappa shape index (κ3) is 16.8. The molecule has 16 heteroatoms. The van der Waals surface area contributed by atoms with Gasteiger partial charge in [0.2, 0.25) is 23.6 Å². The molecule has 67 heavy (non-hydrogen) atoms. The van der Waals surface area contributed by atoms with Gasteiger partial charge in [-0.2, -0.15) is 0 Å². The predicted octanol–water partition coefficient (Wildman–Crippen LogP) is 5.51. The van der Waals surface area contributed by atoms with Crippen molar-refractivity contribution in [3.05, 3.63) is 71.3 Å². The molecule has 1 heterocycles. The van der Waals surface area contributed by atoms with Crippen LogP contribution in [-0.2, 0) is 51.2 Å². The van der Waals surface area contributed by atoms with Crippen LogP contribution in [0.25, 0.3) is 0 Å². The van der Waals surface area contributed by atoms with E-state index in [9.17, 15) is 33.9 Å². The Labute approximate surface area is 398 Å². The van der Waals surface area contributed by atoms with E-state index in [0.717, 1.165) is 24.0 Å². The highest BCUT2D eigenvalue weighted by molar-refractivity contribution is 6.00. The van der Waals surface area contributed by atoms with E-state index >= 15 is 0 Å². The van der Waals surface area contributed by atoms with Crippen LogP contribution in [0, 0.1) is 23.7 Å². The molecule has 16 nitrogen and oxygen atoms in total. The van der Waals surface area contributed by atoms with Gasteiger partial charge in [0.25, 0.3) is 0 Å². The van der Waals surface area contributed by atoms with E-state index in [1.165, 1.54) is 12.1 Å². The summed E-state index contributed by atoms with van der Waals surface area (Å²) >= 11 is 0. The maximum absolute atomic E-state index is 14.5. The molecule has 0 aromatic heterocycles. The molecule has 1 aliphatic rings. The standard InChI is InChI=1S/C51H79N5O11/c1-12-34(6)46(55(9)45(33(4)5)50(62)53-49(61)44(32(2)3)54(8)26-17-21-43(58)59)41(65-10)29-42(57)56-27-16-20-40(56)47(66-11)35(7)48(60)52-39(28-36-18-14-13-15-19-36)31-67-30-37-22-24-38(25-23-37)51(63)64/h13-15,18-19,22-25,32-35,39-41,44-47H,12,16-17,20-21,26-31H2,1-11H3,(H,52,60)(H,58,59)(H,63,64)(H,53,61,62)/t34-,35+,39-,40-,41+,44-,45-,46-,47+/m0/s1. The molecule has 1 fully saturated rings. The Morgan fingerprint density at radius 2 is 1.45 bits per heavy atom. The molecule has 4 amide bonds. The molecule has 0 saturated carbocycles. The van der Waals surface area contributed by atoms with Crippen molar-refractivity contribution in [3.63, 3.8) is 0 Å². The fourth-order valence-corrected chi connectivity index (χ4v) is 9.68. The molecule has 0 radical (unpaired) electrons. The number of imide groups is 1. The summed E-state index contributed by atoms with van der Waals surface area (Å²) in [7, 11) is 6.73. The number of ether oxygens (including phenoxy) is 3. The van der Waals surface area contributed by atoms with Gasteiger partial charge < -0.3 is 34.6 Å². The van der Waals surface area contributed by atoms with Crippen molar-refractivity contribution in [1.29, 1.82) is 0 Å². The van der Waals surface area contributed by atoms with Gasteiger partial charge in [0.05, 0.1) is 67.5 Å². The van der Waals surface area contributed by atoms with Crippen molar-refractivity contribution in [2.24, 2.45) is 23.7 Å². The number of carboxylic acid groups (broad SMARTS) is 2. The maximum atomic E-state index is 14.5. The van der Waals surface area contributed by atoms with Crippen LogP contribution in [0.3, 0.4) is 0 Å². The van der Waals surface area contributed by atoms with Crippen molar-refractivity contribution in [2.75, 3.05) is 48.0 Å². The molecule has 1 saturated heterocycles. The number of hydrogen-bond donors (Lipinski definition) is 4. The number of nitrogens with zero attached hydrogens (tertiary/aromatic N) is 3. The Bertz CT molecular complexity index is 1880. The van der Waals surface area contributed by atoms with Gasteiger partial charge in [-0.3, -0.25) is 39.1 Å². The molecule has 2 aromatic carbocycles. The number of aliphatic carboxylic acids is 1. The smallest absolute Gasteiger partial charge is 0.335 e. The molecule has 0 bridgehead atoms. The summed E-state index contributed by atoms with van der Waals surface area (Å²) in [5, 5.41) is 24.3. The second-order valence-electron chi connectivity index (χ2n) is 18.9. The number of hydrogen-bond acceptors (Lipinski definition) is 11. The Balaban J connectivity index is 1.77. The van der Waals surface area contributed by atoms with E-state index in [1.54, 1.807) is 38.3 Å². The van der Waals surface area contributed by atoms with Crippen molar-refractivity contribution in [2.45, 2.75) is 142 Å². The maximum Gasteiger partial charge on any atom is 0.335 e. The molecule has 1 aliphatic heterocycles. The summed E-state index contributed by atoms with van der Waals surface area (Å²) in [6, 6.07) is 13.7. The second-order valence-corrected chi connectivity index (χ2v) is 18.9. The first kappa shape index (κ1) is 56.6. The first-order chi connectivity index (χ1) is 31.7. The first-order valence-electron chi connectivity index (χ1n) is 23.8. The third-order valence-corrected chi connectivity index (χ3v) is 13.3. The molecule has 0 aliphatic carbocycles. The van der Waals surface area contributed by atoms with Crippen LogP contribution >= 0.6 is 0 Å². The Hall–Kier alpha value is -4.74. The Morgan fingerprint density at radius 3 is 2.00 bits per heavy atom. The largest absolute Gasteiger partial charge is 0.481 e. The molecular weight excluding hydrogens is 859 g/mol. The Morgan fingerprint density at radius 1 is 0.821 bits per heavy atom. The van der Waals surface area contributed by atoms with Crippen LogP contribution in [0.4, 0.5) is 0 Å². The number of carbonyl (C=O) groups is 6. The van der Waals surface area contributed by atoms with Crippen molar-refractivity contribution >= 4 is 35.6 Å². The number of likely N-dealkylation sites (N-methyl/N-ethyl adjacent to an activating group) is 2. The third-order valence-electron chi connectivity index (χ3n) is 13.3. The minimum absolute atomic E-state index is 0.0147. The minimum atomic E-state index is -1.01. The van der Waals surface area contributed by atoms with Gasteiger partial charge >= 0.3 is 11.9 Å². The minimum Gasteiger partial charge on any atom is -0.481 e. The number of benzene rings is 2. The van der Waals surface area contributed by atoms with Crippen molar-refractivity contribution < 1.29 is 53.2 Å². The van der Waals surface area contributed by atoms with Gasteiger partial charge in [0.1, 0.15) is 0 Å². The number of rotatable bonds is 29. The summed E-state index contributed by atoms with van der Waals surface area (Å²) in [4.78, 5) is 84.5. The average molecular weight is 938 g/mol. The van der Waals surface area contributed by atoms with E-state index in [0.29, 0.717) is 32.4 Å². The quantitative estimate of drug-likeness (QED) is 0.0796. The van der Waals surface area contributed by atoms with Crippen LogP contribution < -0.4 is 10.6 Å². The lowest BCUT2D eigenvalue weighted by Gasteiger charge is -2.43. The number of carbonyl (C=O) groups excluding carboxylic acids is 4. The number of methoxy groups -OCH3 is 2. The van der Waals surface area contributed by atoms with Crippen LogP contribution in [0.1, 0.15) is 108 Å². The molecule has 374 valence electrons. The zero-order chi connectivity index (χ0) is 50.0. The lowest BCUT2D eigenvalue weighted by atomic mass is 9.87. The summed E-state index contributed by atoms with van der Waals surface area (Å²) in [6.45, 7) is 14.8. The van der Waals surface area contributed by atoms with E-state index in [2.05, 4.69) is 17.6 Å². The summed E-state index contributed by atoms with van der Waals surface area (Å²) in [6.07, 6.45) is 1.71. The zero-order valence-electron chi connectivity index (χ0n) is 41.7. The number of carboxylic acids is 2. The van der Waals surface area contributed by atoms with E-state index in [1.807, 2.05) is 88.7 Å². The topological polar surface area (TPSA) is 204 Å². The second kappa shape index (κ2) is 27.9. The Kier molecular flexibility index (Phi) is 23.6. The number of amides is 4. The predicted molar refractivity (Wildman–Crippen MR) is 256 cm³/mol. The summed E-state index contributed by atoms with van der Waals surface area (Å²) in [5.74, 6) is -4.25. The number of nitrogens with one attached hydrogen (secondary N) is 2. The zero-order valence-corrected chi connectivity index (χ0v) is 41.7. The first-order valence-corrected chi connectivity index (χ1v) is 23.8. The van der Waals surface area contributed by atoms with E-state index in [-0.39, 0.29) is 67.2 Å². The monoisotopic (exact) mass is 938 g/mol. The van der Waals surface area contributed by atoms with Gasteiger partial charge in [-0.25, -0.2) is 4.79 Å². The highest BCUT2D eigenvalue weighted by Gasteiger charge is 2.44. The molecular formula is C51H79N5O11. The van der Waals surface area contributed by atoms with Gasteiger partial charge in [-0.15, -0.1) is 0 Å². The SMILES string of the molecule is CC[C@H](C)[C@@H]([C@@H](CC(=O)N1CCC[C@H]1[C@H](OC)[C@@H](C)C(=O)N[C@H](COCc1ccc(C(=O)O)cc1)Cc1ccccc1)OC)N(C)[C@H](C(=O)NC(=O)[C@H](C(C)C)N(C)CCCC(=O)O)C(C)C. The highest BCUT2D eigenvalue weighted by atomic mass is 16.5.